The van der Waals surface area contributed by atoms with Crippen molar-refractivity contribution in [2.45, 2.75) is 25.7 Å². The van der Waals surface area contributed by atoms with E-state index >= 15 is 0 Å². The second-order valence-corrected chi connectivity index (χ2v) is 5.01. The van der Waals surface area contributed by atoms with Crippen molar-refractivity contribution >= 4 is 0 Å². The van der Waals surface area contributed by atoms with E-state index in [2.05, 4.69) is 23.5 Å². The lowest BCUT2D eigenvalue weighted by molar-refractivity contribution is 0.305. The molecule has 1 saturated heterocycles. The van der Waals surface area contributed by atoms with Gasteiger partial charge in [0.05, 0.1) is 6.61 Å². The van der Waals surface area contributed by atoms with Crippen LogP contribution in [0.4, 0.5) is 0 Å². The summed E-state index contributed by atoms with van der Waals surface area (Å²) in [4.78, 5) is 0. The van der Waals surface area contributed by atoms with E-state index in [0.717, 1.165) is 37.7 Å². The fourth-order valence-electron chi connectivity index (χ4n) is 2.49. The molecular formula is C15H24N2O. The Kier molecular flexibility index (Phi) is 5.49. The van der Waals surface area contributed by atoms with E-state index in [4.69, 9.17) is 10.5 Å². The Bertz CT molecular complexity index is 348. The minimum absolute atomic E-state index is 0.689. The predicted molar refractivity (Wildman–Crippen MR) is 74.9 cm³/mol. The Morgan fingerprint density at radius 3 is 3.00 bits per heavy atom. The molecule has 1 heterocycles. The number of ether oxygens (including phenoxy) is 1. The highest BCUT2D eigenvalue weighted by Crippen LogP contribution is 2.24. The first kappa shape index (κ1) is 13.4. The van der Waals surface area contributed by atoms with Gasteiger partial charge in [-0.15, -0.1) is 0 Å². The smallest absolute Gasteiger partial charge is 0.122 e. The van der Waals surface area contributed by atoms with Crippen LogP contribution in [0.2, 0.25) is 0 Å². The Labute approximate surface area is 110 Å². The van der Waals surface area contributed by atoms with Gasteiger partial charge >= 0.3 is 0 Å². The van der Waals surface area contributed by atoms with Crippen LogP contribution in [0, 0.1) is 5.92 Å². The van der Waals surface area contributed by atoms with E-state index in [1.165, 1.54) is 24.9 Å². The molecule has 1 aromatic rings. The lowest BCUT2D eigenvalue weighted by Gasteiger charge is -2.23. The molecule has 18 heavy (non-hydrogen) atoms. The zero-order valence-corrected chi connectivity index (χ0v) is 11.0. The molecule has 3 heteroatoms. The summed E-state index contributed by atoms with van der Waals surface area (Å²) in [6.07, 6.45) is 4.65. The van der Waals surface area contributed by atoms with Crippen molar-refractivity contribution in [3.05, 3.63) is 29.8 Å². The molecule has 1 aliphatic rings. The zero-order chi connectivity index (χ0) is 12.6. The molecule has 0 radical (unpaired) electrons. The SMILES string of the molecule is NCCCOc1ccccc1CC1CCCNC1. The molecule has 0 saturated carbocycles. The van der Waals surface area contributed by atoms with Crippen LogP contribution in [0.25, 0.3) is 0 Å². The topological polar surface area (TPSA) is 47.3 Å². The van der Waals surface area contributed by atoms with Crippen molar-refractivity contribution in [2.24, 2.45) is 11.7 Å². The Morgan fingerprint density at radius 2 is 2.22 bits per heavy atom. The van der Waals surface area contributed by atoms with Gasteiger partial charge in [0.2, 0.25) is 0 Å². The predicted octanol–water partition coefficient (Wildman–Crippen LogP) is 1.96. The summed E-state index contributed by atoms with van der Waals surface area (Å²) in [5.41, 5.74) is 6.83. The first-order valence-electron chi connectivity index (χ1n) is 7.01. The van der Waals surface area contributed by atoms with Crippen LogP contribution in [0.3, 0.4) is 0 Å². The summed E-state index contributed by atoms with van der Waals surface area (Å²) in [5.74, 6) is 1.79. The van der Waals surface area contributed by atoms with Gasteiger partial charge in [-0.25, -0.2) is 0 Å². The van der Waals surface area contributed by atoms with Gasteiger partial charge in [-0.05, 0) is 62.9 Å². The Balaban J connectivity index is 1.93. The van der Waals surface area contributed by atoms with E-state index in [-0.39, 0.29) is 0 Å². The molecule has 0 spiro atoms. The first-order valence-corrected chi connectivity index (χ1v) is 7.01. The van der Waals surface area contributed by atoms with Crippen molar-refractivity contribution in [1.82, 2.24) is 5.32 Å². The summed E-state index contributed by atoms with van der Waals surface area (Å²) in [7, 11) is 0. The average molecular weight is 248 g/mol. The summed E-state index contributed by atoms with van der Waals surface area (Å²) in [5, 5.41) is 3.47. The van der Waals surface area contributed by atoms with Crippen LogP contribution in [0.5, 0.6) is 5.75 Å². The lowest BCUT2D eigenvalue weighted by atomic mass is 9.92. The summed E-state index contributed by atoms with van der Waals surface area (Å²) >= 11 is 0. The quantitative estimate of drug-likeness (QED) is 0.757. The standard InChI is InChI=1S/C15H24N2O/c16-8-4-10-18-15-7-2-1-6-14(15)11-13-5-3-9-17-12-13/h1-2,6-7,13,17H,3-5,8-12,16H2. The summed E-state index contributed by atoms with van der Waals surface area (Å²) in [6.45, 7) is 3.72. The Morgan fingerprint density at radius 1 is 1.33 bits per heavy atom. The van der Waals surface area contributed by atoms with E-state index in [9.17, 15) is 0 Å². The molecule has 1 aliphatic heterocycles. The first-order chi connectivity index (χ1) is 8.90. The van der Waals surface area contributed by atoms with Gasteiger partial charge in [0.1, 0.15) is 5.75 Å². The van der Waals surface area contributed by atoms with E-state index < -0.39 is 0 Å². The molecule has 0 aliphatic carbocycles. The van der Waals surface area contributed by atoms with Crippen molar-refractivity contribution < 1.29 is 4.74 Å². The van der Waals surface area contributed by atoms with E-state index in [1.807, 2.05) is 6.07 Å². The number of piperidine rings is 1. The largest absolute Gasteiger partial charge is 0.493 e. The van der Waals surface area contributed by atoms with Crippen LogP contribution >= 0.6 is 0 Å². The van der Waals surface area contributed by atoms with Gasteiger partial charge < -0.3 is 15.8 Å². The maximum atomic E-state index is 5.82. The molecule has 0 aromatic heterocycles. The number of benzene rings is 1. The van der Waals surface area contributed by atoms with Crippen molar-refractivity contribution in [1.29, 1.82) is 0 Å². The molecule has 1 unspecified atom stereocenters. The van der Waals surface area contributed by atoms with Gasteiger partial charge in [0.15, 0.2) is 0 Å². The minimum atomic E-state index is 0.689. The highest BCUT2D eigenvalue weighted by Gasteiger charge is 2.15. The van der Waals surface area contributed by atoms with Crippen LogP contribution < -0.4 is 15.8 Å². The number of nitrogens with two attached hydrogens (primary N) is 1. The third-order valence-electron chi connectivity index (χ3n) is 3.49. The summed E-state index contributed by atoms with van der Waals surface area (Å²) in [6, 6.07) is 8.40. The number of rotatable bonds is 6. The van der Waals surface area contributed by atoms with Crippen LogP contribution in [-0.2, 0) is 6.42 Å². The second kappa shape index (κ2) is 7.39. The number of nitrogens with one attached hydrogen (secondary N) is 1. The van der Waals surface area contributed by atoms with Gasteiger partial charge in [-0.1, -0.05) is 18.2 Å². The van der Waals surface area contributed by atoms with Crippen molar-refractivity contribution in [3.8, 4) is 5.75 Å². The van der Waals surface area contributed by atoms with Crippen molar-refractivity contribution in [2.75, 3.05) is 26.2 Å². The molecule has 2 rings (SSSR count). The maximum absolute atomic E-state index is 5.82. The maximum Gasteiger partial charge on any atom is 0.122 e. The minimum Gasteiger partial charge on any atom is -0.493 e. The van der Waals surface area contributed by atoms with Gasteiger partial charge in [-0.2, -0.15) is 0 Å². The van der Waals surface area contributed by atoms with Crippen LogP contribution in [0.1, 0.15) is 24.8 Å². The van der Waals surface area contributed by atoms with Crippen LogP contribution in [0.15, 0.2) is 24.3 Å². The molecule has 3 N–H and O–H groups in total. The fourth-order valence-corrected chi connectivity index (χ4v) is 2.49. The number of para-hydroxylation sites is 1. The lowest BCUT2D eigenvalue weighted by Crippen LogP contribution is -2.30. The molecule has 3 nitrogen and oxygen atoms in total. The molecule has 0 bridgehead atoms. The molecule has 100 valence electrons. The fraction of sp³-hybridized carbons (Fsp3) is 0.600. The van der Waals surface area contributed by atoms with Gasteiger partial charge in [0, 0.05) is 0 Å². The third kappa shape index (κ3) is 4.00. The van der Waals surface area contributed by atoms with Crippen LogP contribution in [-0.4, -0.2) is 26.2 Å². The highest BCUT2D eigenvalue weighted by molar-refractivity contribution is 5.33. The summed E-state index contributed by atoms with van der Waals surface area (Å²) < 4.78 is 5.82. The van der Waals surface area contributed by atoms with E-state index in [1.54, 1.807) is 0 Å². The number of hydrogen-bond donors (Lipinski definition) is 2. The molecule has 1 fully saturated rings. The monoisotopic (exact) mass is 248 g/mol. The highest BCUT2D eigenvalue weighted by atomic mass is 16.5. The second-order valence-electron chi connectivity index (χ2n) is 5.01. The molecule has 1 aromatic carbocycles. The average Bonchev–Trinajstić information content (AvgIpc) is 2.42. The number of hydrogen-bond acceptors (Lipinski definition) is 3. The van der Waals surface area contributed by atoms with Crippen molar-refractivity contribution in [3.63, 3.8) is 0 Å². The molecule has 0 amide bonds. The third-order valence-corrected chi connectivity index (χ3v) is 3.49. The normalized spacial score (nSPS) is 19.7. The van der Waals surface area contributed by atoms with Gasteiger partial charge in [0.25, 0.3) is 0 Å². The Hall–Kier alpha value is -1.06. The van der Waals surface area contributed by atoms with Gasteiger partial charge in [-0.3, -0.25) is 0 Å². The van der Waals surface area contributed by atoms with E-state index in [0.29, 0.717) is 6.54 Å². The molecule has 1 atom stereocenters. The zero-order valence-electron chi connectivity index (χ0n) is 11.0. The molecular weight excluding hydrogens is 224 g/mol.